The summed E-state index contributed by atoms with van der Waals surface area (Å²) in [5.41, 5.74) is -2.62. The summed E-state index contributed by atoms with van der Waals surface area (Å²) >= 11 is 0. The predicted octanol–water partition coefficient (Wildman–Crippen LogP) is 7.14. The molecule has 0 aliphatic heterocycles. The summed E-state index contributed by atoms with van der Waals surface area (Å²) in [6, 6.07) is 12.9. The summed E-state index contributed by atoms with van der Waals surface area (Å²) in [6.45, 7) is 13.3. The molecular weight excluding hydrogens is 445 g/mol. The largest absolute Gasteiger partial charge is 0.543 e. The van der Waals surface area contributed by atoms with Gasteiger partial charge in [0, 0.05) is 0 Å². The third kappa shape index (κ3) is 5.44. The highest BCUT2D eigenvalue weighted by Crippen LogP contribution is 2.43. The van der Waals surface area contributed by atoms with E-state index in [1.807, 2.05) is 24.3 Å². The van der Waals surface area contributed by atoms with E-state index in [9.17, 15) is 21.6 Å². The Morgan fingerprint density at radius 3 is 1.39 bits per heavy atom. The van der Waals surface area contributed by atoms with E-state index in [-0.39, 0.29) is 0 Å². The first-order valence-electron chi connectivity index (χ1n) is 10.1. The highest BCUT2D eigenvalue weighted by atomic mass is 32.2. The van der Waals surface area contributed by atoms with Gasteiger partial charge in [0.1, 0.15) is 11.5 Å². The standard InChI is InChI=1S/C22H29F3O4SSi/c1-15(2)31(16(3)4,17(5)6)29-21-13-9-19(10-14-21)18-7-11-20(12-8-18)28-30(26,27)22(23,24)25/h7-17H,1-6H3. The van der Waals surface area contributed by atoms with Gasteiger partial charge in [-0.05, 0) is 52.0 Å². The zero-order valence-corrected chi connectivity index (χ0v) is 20.3. The van der Waals surface area contributed by atoms with Gasteiger partial charge in [-0.1, -0.05) is 65.8 Å². The minimum atomic E-state index is -5.69. The molecule has 0 amide bonds. The molecule has 0 radical (unpaired) electrons. The second-order valence-corrected chi connectivity index (χ2v) is 15.4. The Hall–Kier alpha value is -2.00. The Bertz CT molecular complexity index is 946. The number of hydrogen-bond acceptors (Lipinski definition) is 4. The fourth-order valence-corrected chi connectivity index (χ4v) is 9.86. The maximum absolute atomic E-state index is 12.4. The first-order chi connectivity index (χ1) is 14.2. The normalized spacial score (nSPS) is 13.2. The molecule has 0 saturated carbocycles. The van der Waals surface area contributed by atoms with Gasteiger partial charge < -0.3 is 8.61 Å². The van der Waals surface area contributed by atoms with Crippen LogP contribution in [0.15, 0.2) is 48.5 Å². The fraction of sp³-hybridized carbons (Fsp3) is 0.455. The summed E-state index contributed by atoms with van der Waals surface area (Å²) < 4.78 is 70.3. The zero-order chi connectivity index (χ0) is 23.6. The van der Waals surface area contributed by atoms with Gasteiger partial charge in [0.15, 0.2) is 0 Å². The van der Waals surface area contributed by atoms with Crippen LogP contribution in [0.25, 0.3) is 11.1 Å². The molecule has 2 aromatic rings. The van der Waals surface area contributed by atoms with E-state index in [2.05, 4.69) is 45.7 Å². The second-order valence-electron chi connectivity index (χ2n) is 8.45. The van der Waals surface area contributed by atoms with Crippen molar-refractivity contribution in [2.45, 2.75) is 63.7 Å². The van der Waals surface area contributed by atoms with Gasteiger partial charge in [-0.2, -0.15) is 21.6 Å². The molecule has 0 aliphatic carbocycles. The lowest BCUT2D eigenvalue weighted by atomic mass is 10.1. The minimum Gasteiger partial charge on any atom is -0.543 e. The summed E-state index contributed by atoms with van der Waals surface area (Å²) in [5, 5.41) is 0. The first kappa shape index (κ1) is 25.3. The Balaban J connectivity index is 2.22. The van der Waals surface area contributed by atoms with Crippen molar-refractivity contribution in [1.82, 2.24) is 0 Å². The van der Waals surface area contributed by atoms with Crippen molar-refractivity contribution in [3.63, 3.8) is 0 Å². The highest BCUT2D eigenvalue weighted by molar-refractivity contribution is 7.88. The molecule has 0 unspecified atom stereocenters. The molecule has 0 heterocycles. The van der Waals surface area contributed by atoms with E-state index in [1.165, 1.54) is 24.3 Å². The Morgan fingerprint density at radius 1 is 0.710 bits per heavy atom. The van der Waals surface area contributed by atoms with Crippen molar-refractivity contribution in [3.8, 4) is 22.6 Å². The van der Waals surface area contributed by atoms with Gasteiger partial charge in [-0.15, -0.1) is 0 Å². The average Bonchev–Trinajstić information content (AvgIpc) is 2.65. The monoisotopic (exact) mass is 474 g/mol. The van der Waals surface area contributed by atoms with E-state index in [4.69, 9.17) is 4.43 Å². The van der Waals surface area contributed by atoms with Crippen LogP contribution in [0.2, 0.25) is 16.6 Å². The first-order valence-corrected chi connectivity index (χ1v) is 13.7. The molecule has 2 aromatic carbocycles. The van der Waals surface area contributed by atoms with Gasteiger partial charge >= 0.3 is 15.6 Å². The van der Waals surface area contributed by atoms with Gasteiger partial charge in [0.2, 0.25) is 0 Å². The lowest BCUT2D eigenvalue weighted by Crippen LogP contribution is -2.50. The molecule has 0 N–H and O–H groups in total. The van der Waals surface area contributed by atoms with Crippen LogP contribution in [0.4, 0.5) is 13.2 Å². The van der Waals surface area contributed by atoms with E-state index in [0.29, 0.717) is 22.2 Å². The van der Waals surface area contributed by atoms with Crippen molar-refractivity contribution in [1.29, 1.82) is 0 Å². The molecule has 0 bridgehead atoms. The maximum Gasteiger partial charge on any atom is 0.534 e. The maximum atomic E-state index is 12.4. The molecule has 0 atom stereocenters. The third-order valence-corrected chi connectivity index (χ3v) is 12.5. The molecule has 0 aromatic heterocycles. The highest BCUT2D eigenvalue weighted by Gasteiger charge is 2.48. The predicted molar refractivity (Wildman–Crippen MR) is 119 cm³/mol. The quantitative estimate of drug-likeness (QED) is 0.232. The average molecular weight is 475 g/mol. The lowest BCUT2D eigenvalue weighted by Gasteiger charge is -2.42. The Morgan fingerprint density at radius 2 is 1.06 bits per heavy atom. The van der Waals surface area contributed by atoms with Crippen LogP contribution in [0.1, 0.15) is 41.5 Å². The van der Waals surface area contributed by atoms with Gasteiger partial charge in [-0.3, -0.25) is 0 Å². The minimum absolute atomic E-state index is 0.400. The van der Waals surface area contributed by atoms with Gasteiger partial charge in [0.05, 0.1) is 0 Å². The molecule has 0 spiro atoms. The number of alkyl halides is 3. The van der Waals surface area contributed by atoms with Crippen molar-refractivity contribution in [3.05, 3.63) is 48.5 Å². The molecule has 2 rings (SSSR count). The number of rotatable bonds is 8. The van der Waals surface area contributed by atoms with Gasteiger partial charge in [-0.25, -0.2) is 0 Å². The lowest BCUT2D eigenvalue weighted by molar-refractivity contribution is -0.0500. The van der Waals surface area contributed by atoms with Crippen LogP contribution >= 0.6 is 0 Å². The van der Waals surface area contributed by atoms with Crippen molar-refractivity contribution >= 4 is 18.4 Å². The Kier molecular flexibility index (Phi) is 7.53. The molecule has 0 fully saturated rings. The smallest absolute Gasteiger partial charge is 0.534 e. The number of benzene rings is 2. The summed E-state index contributed by atoms with van der Waals surface area (Å²) in [4.78, 5) is 0. The number of hydrogen-bond donors (Lipinski definition) is 0. The molecule has 31 heavy (non-hydrogen) atoms. The van der Waals surface area contributed by atoms with Crippen LogP contribution in [-0.2, 0) is 10.1 Å². The van der Waals surface area contributed by atoms with E-state index < -0.39 is 29.7 Å². The van der Waals surface area contributed by atoms with Crippen LogP contribution < -0.4 is 8.61 Å². The third-order valence-electron chi connectivity index (χ3n) is 5.53. The molecule has 4 nitrogen and oxygen atoms in total. The fourth-order valence-electron chi connectivity index (χ4n) is 4.15. The van der Waals surface area contributed by atoms with Crippen LogP contribution in [0, 0.1) is 0 Å². The van der Waals surface area contributed by atoms with Gasteiger partial charge in [0.25, 0.3) is 8.32 Å². The van der Waals surface area contributed by atoms with E-state index in [0.717, 1.165) is 11.3 Å². The molecule has 0 aliphatic rings. The molecule has 0 saturated heterocycles. The number of halogens is 3. The van der Waals surface area contributed by atoms with Crippen LogP contribution in [0.5, 0.6) is 11.5 Å². The topological polar surface area (TPSA) is 52.6 Å². The SMILES string of the molecule is CC(C)[Si](Oc1ccc(-c2ccc(OS(=O)(=O)C(F)(F)F)cc2)cc1)(C(C)C)C(C)C. The summed E-state index contributed by atoms with van der Waals surface area (Å²) in [6.07, 6.45) is 0. The van der Waals surface area contributed by atoms with Crippen molar-refractivity contribution in [2.75, 3.05) is 0 Å². The molecular formula is C22H29F3O4SSi. The summed E-state index contributed by atoms with van der Waals surface area (Å²) in [5.74, 6) is 0.394. The zero-order valence-electron chi connectivity index (χ0n) is 18.5. The van der Waals surface area contributed by atoms with Crippen molar-refractivity contribution < 1.29 is 30.2 Å². The molecule has 172 valence electrons. The Labute approximate surface area is 183 Å². The summed E-state index contributed by atoms with van der Waals surface area (Å²) in [7, 11) is -7.76. The van der Waals surface area contributed by atoms with E-state index in [1.54, 1.807) is 0 Å². The van der Waals surface area contributed by atoms with Crippen LogP contribution in [-0.4, -0.2) is 22.2 Å². The van der Waals surface area contributed by atoms with E-state index >= 15 is 0 Å². The van der Waals surface area contributed by atoms with Crippen LogP contribution in [0.3, 0.4) is 0 Å². The van der Waals surface area contributed by atoms with Crippen molar-refractivity contribution in [2.24, 2.45) is 0 Å². The second kappa shape index (κ2) is 9.24. The molecule has 9 heteroatoms.